The molecule has 0 saturated carbocycles. The Balaban J connectivity index is 1.81. The summed E-state index contributed by atoms with van der Waals surface area (Å²) in [6, 6.07) is 3.78. The predicted molar refractivity (Wildman–Crippen MR) is 65.6 cm³/mol. The molecule has 4 nitrogen and oxygen atoms in total. The van der Waals surface area contributed by atoms with Gasteiger partial charge in [-0.15, -0.1) is 0 Å². The van der Waals surface area contributed by atoms with Crippen molar-refractivity contribution in [2.75, 3.05) is 19.6 Å². The minimum Gasteiger partial charge on any atom is -0.508 e. The Kier molecular flexibility index (Phi) is 4.15. The molecule has 0 spiro atoms. The molecule has 1 aliphatic heterocycles. The van der Waals surface area contributed by atoms with Crippen LogP contribution < -0.4 is 5.32 Å². The predicted octanol–water partition coefficient (Wildman–Crippen LogP) is 1.24. The average Bonchev–Trinajstić information content (AvgIpc) is 2.87. The lowest BCUT2D eigenvalue weighted by atomic mass is 10.2. The number of likely N-dealkylation sites (tertiary alicyclic amines) is 1. The Labute approximate surface area is 105 Å². The summed E-state index contributed by atoms with van der Waals surface area (Å²) in [4.78, 5) is 13.5. The van der Waals surface area contributed by atoms with Gasteiger partial charge in [0.2, 0.25) is 5.91 Å². The number of carbonyl (C=O) groups is 1. The van der Waals surface area contributed by atoms with Crippen molar-refractivity contribution in [3.05, 3.63) is 29.6 Å². The van der Waals surface area contributed by atoms with Crippen molar-refractivity contribution in [3.63, 3.8) is 0 Å². The van der Waals surface area contributed by atoms with Gasteiger partial charge < -0.3 is 15.3 Å². The van der Waals surface area contributed by atoms with Crippen molar-refractivity contribution in [1.29, 1.82) is 0 Å². The monoisotopic (exact) mass is 252 g/mol. The molecule has 0 aliphatic carbocycles. The van der Waals surface area contributed by atoms with Crippen LogP contribution in [0.2, 0.25) is 0 Å². The second-order valence-corrected chi connectivity index (χ2v) is 4.46. The van der Waals surface area contributed by atoms with Gasteiger partial charge in [0.25, 0.3) is 0 Å². The molecule has 18 heavy (non-hydrogen) atoms. The summed E-state index contributed by atoms with van der Waals surface area (Å²) in [6.45, 7) is 2.15. The van der Waals surface area contributed by atoms with E-state index < -0.39 is 5.82 Å². The fraction of sp³-hybridized carbons (Fsp3) is 0.462. The van der Waals surface area contributed by atoms with E-state index in [1.54, 1.807) is 0 Å². The summed E-state index contributed by atoms with van der Waals surface area (Å²) in [5.41, 5.74) is 0.462. The van der Waals surface area contributed by atoms with Gasteiger partial charge in [0.1, 0.15) is 11.6 Å². The van der Waals surface area contributed by atoms with Crippen LogP contribution >= 0.6 is 0 Å². The quantitative estimate of drug-likeness (QED) is 0.847. The molecular weight excluding hydrogens is 235 g/mol. The molecule has 0 atom stereocenters. The van der Waals surface area contributed by atoms with Crippen LogP contribution in [0.25, 0.3) is 0 Å². The first-order valence-corrected chi connectivity index (χ1v) is 6.13. The fourth-order valence-corrected chi connectivity index (χ4v) is 2.08. The van der Waals surface area contributed by atoms with Crippen LogP contribution in [0, 0.1) is 5.82 Å². The Hall–Kier alpha value is -1.62. The zero-order valence-electron chi connectivity index (χ0n) is 10.2. The van der Waals surface area contributed by atoms with Crippen LogP contribution in [0.5, 0.6) is 5.75 Å². The molecule has 0 aromatic heterocycles. The summed E-state index contributed by atoms with van der Waals surface area (Å²) in [5.74, 6) is -0.295. The summed E-state index contributed by atoms with van der Waals surface area (Å²) in [6.07, 6.45) is 2.13. The van der Waals surface area contributed by atoms with Crippen LogP contribution in [0.3, 0.4) is 0 Å². The van der Waals surface area contributed by atoms with Crippen molar-refractivity contribution in [3.8, 4) is 5.75 Å². The lowest BCUT2D eigenvalue weighted by Crippen LogP contribution is -2.35. The molecule has 1 aromatic rings. The van der Waals surface area contributed by atoms with E-state index >= 15 is 0 Å². The molecule has 1 heterocycles. The number of phenolic OH excluding ortho intramolecular Hbond substituents is 1. The zero-order valence-corrected chi connectivity index (χ0v) is 10.2. The first-order valence-electron chi connectivity index (χ1n) is 6.13. The van der Waals surface area contributed by atoms with E-state index in [0.717, 1.165) is 25.9 Å². The number of halogens is 1. The van der Waals surface area contributed by atoms with Gasteiger partial charge >= 0.3 is 0 Å². The van der Waals surface area contributed by atoms with Crippen LogP contribution in [0.4, 0.5) is 4.39 Å². The van der Waals surface area contributed by atoms with Crippen molar-refractivity contribution in [2.45, 2.75) is 19.4 Å². The van der Waals surface area contributed by atoms with Gasteiger partial charge in [-0.1, -0.05) is 0 Å². The number of hydrogen-bond donors (Lipinski definition) is 2. The Morgan fingerprint density at radius 1 is 1.39 bits per heavy atom. The van der Waals surface area contributed by atoms with Gasteiger partial charge in [-0.3, -0.25) is 4.79 Å². The van der Waals surface area contributed by atoms with Crippen molar-refractivity contribution in [1.82, 2.24) is 10.2 Å². The maximum atomic E-state index is 13.0. The number of benzene rings is 1. The lowest BCUT2D eigenvalue weighted by molar-refractivity contribution is -0.129. The molecule has 0 bridgehead atoms. The highest BCUT2D eigenvalue weighted by Gasteiger charge is 2.17. The summed E-state index contributed by atoms with van der Waals surface area (Å²) in [7, 11) is 0. The van der Waals surface area contributed by atoms with Crippen molar-refractivity contribution in [2.24, 2.45) is 0 Å². The molecule has 1 saturated heterocycles. The van der Waals surface area contributed by atoms with E-state index in [0.29, 0.717) is 5.56 Å². The van der Waals surface area contributed by atoms with Crippen molar-refractivity contribution < 1.29 is 14.3 Å². The van der Waals surface area contributed by atoms with E-state index in [4.69, 9.17) is 0 Å². The minimum atomic E-state index is -0.393. The standard InChI is InChI=1S/C13H17FN2O2/c14-11-3-4-12(17)10(7-11)8-15-9-13(18)16-5-1-2-6-16/h3-4,7,15,17H,1-2,5-6,8-9H2. The molecule has 2 N–H and O–H groups in total. The Bertz CT molecular complexity index is 431. The maximum absolute atomic E-state index is 13.0. The van der Waals surface area contributed by atoms with Crippen LogP contribution in [0.15, 0.2) is 18.2 Å². The van der Waals surface area contributed by atoms with Gasteiger partial charge in [0.05, 0.1) is 6.54 Å². The summed E-state index contributed by atoms with van der Waals surface area (Å²) >= 11 is 0. The van der Waals surface area contributed by atoms with Crippen LogP contribution in [-0.2, 0) is 11.3 Å². The molecule has 1 fully saturated rings. The number of carbonyl (C=O) groups excluding carboxylic acids is 1. The van der Waals surface area contributed by atoms with E-state index in [-0.39, 0.29) is 24.7 Å². The first kappa shape index (κ1) is 12.8. The number of hydrogen-bond acceptors (Lipinski definition) is 3. The van der Waals surface area contributed by atoms with Gasteiger partial charge in [-0.05, 0) is 31.0 Å². The third-order valence-corrected chi connectivity index (χ3v) is 3.09. The molecule has 0 unspecified atom stereocenters. The largest absolute Gasteiger partial charge is 0.508 e. The van der Waals surface area contributed by atoms with Gasteiger partial charge in [-0.25, -0.2) is 4.39 Å². The number of nitrogens with zero attached hydrogens (tertiary/aromatic N) is 1. The number of phenols is 1. The smallest absolute Gasteiger partial charge is 0.236 e. The lowest BCUT2D eigenvalue weighted by Gasteiger charge is -2.15. The minimum absolute atomic E-state index is 0.0394. The fourth-order valence-electron chi connectivity index (χ4n) is 2.08. The average molecular weight is 252 g/mol. The maximum Gasteiger partial charge on any atom is 0.236 e. The summed E-state index contributed by atoms with van der Waals surface area (Å²) < 4.78 is 13.0. The van der Waals surface area contributed by atoms with Crippen molar-refractivity contribution >= 4 is 5.91 Å². The molecule has 5 heteroatoms. The number of rotatable bonds is 4. The highest BCUT2D eigenvalue weighted by atomic mass is 19.1. The van der Waals surface area contributed by atoms with Gasteiger partial charge in [0, 0.05) is 25.2 Å². The van der Waals surface area contributed by atoms with E-state index in [1.165, 1.54) is 18.2 Å². The van der Waals surface area contributed by atoms with Gasteiger partial charge in [0.15, 0.2) is 0 Å². The molecule has 2 rings (SSSR count). The zero-order chi connectivity index (χ0) is 13.0. The molecule has 98 valence electrons. The Morgan fingerprint density at radius 2 is 2.11 bits per heavy atom. The summed E-state index contributed by atoms with van der Waals surface area (Å²) in [5, 5.41) is 12.4. The highest BCUT2D eigenvalue weighted by molar-refractivity contribution is 5.78. The highest BCUT2D eigenvalue weighted by Crippen LogP contribution is 2.17. The third kappa shape index (κ3) is 3.20. The first-order chi connectivity index (χ1) is 8.66. The topological polar surface area (TPSA) is 52.6 Å². The van der Waals surface area contributed by atoms with Crippen LogP contribution in [-0.4, -0.2) is 35.5 Å². The molecule has 1 amide bonds. The van der Waals surface area contributed by atoms with E-state index in [2.05, 4.69) is 5.32 Å². The second kappa shape index (κ2) is 5.82. The van der Waals surface area contributed by atoms with Gasteiger partial charge in [-0.2, -0.15) is 0 Å². The number of amides is 1. The van der Waals surface area contributed by atoms with E-state index in [9.17, 15) is 14.3 Å². The van der Waals surface area contributed by atoms with Crippen LogP contribution in [0.1, 0.15) is 18.4 Å². The molecular formula is C13H17FN2O2. The normalized spacial score (nSPS) is 15.1. The SMILES string of the molecule is O=C(CNCc1cc(F)ccc1O)N1CCCC1. The molecule has 1 aliphatic rings. The Morgan fingerprint density at radius 3 is 2.83 bits per heavy atom. The second-order valence-electron chi connectivity index (χ2n) is 4.46. The number of nitrogens with one attached hydrogen (secondary N) is 1. The van der Waals surface area contributed by atoms with E-state index in [1.807, 2.05) is 4.90 Å². The third-order valence-electron chi connectivity index (χ3n) is 3.09. The molecule has 0 radical (unpaired) electrons. The number of aromatic hydroxyl groups is 1. The molecule has 1 aromatic carbocycles.